The van der Waals surface area contributed by atoms with Crippen molar-refractivity contribution in [3.63, 3.8) is 0 Å². The van der Waals surface area contributed by atoms with Gasteiger partial charge in [0.25, 0.3) is 0 Å². The van der Waals surface area contributed by atoms with Crippen LogP contribution in [0.25, 0.3) is 0 Å². The zero-order valence-electron chi connectivity index (χ0n) is 11.3. The largest absolute Gasteiger partial charge is 0.491 e. The van der Waals surface area contributed by atoms with Gasteiger partial charge in [0.15, 0.2) is 0 Å². The molecule has 0 aliphatic carbocycles. The Bertz CT molecular complexity index is 447. The number of halogens is 3. The topological polar surface area (TPSA) is 22.1 Å². The zero-order chi connectivity index (χ0) is 14.7. The van der Waals surface area contributed by atoms with Gasteiger partial charge in [-0.2, -0.15) is 13.2 Å². The Morgan fingerprint density at radius 3 is 2.42 bits per heavy atom. The molecule has 0 unspecified atom stereocenters. The van der Waals surface area contributed by atoms with Gasteiger partial charge in [0, 0.05) is 11.1 Å². The van der Waals surface area contributed by atoms with Gasteiger partial charge in [0.05, 0.1) is 12.8 Å². The molecule has 19 heavy (non-hydrogen) atoms. The molecule has 5 heteroatoms. The number of aromatic nitrogens is 1. The Kier molecular flexibility index (Phi) is 4.61. The molecule has 0 radical (unpaired) electrons. The molecule has 1 rings (SSSR count). The van der Waals surface area contributed by atoms with E-state index >= 15 is 0 Å². The van der Waals surface area contributed by atoms with E-state index in [0.717, 1.165) is 12.3 Å². The Balaban J connectivity index is 3.14. The number of rotatable bonds is 4. The van der Waals surface area contributed by atoms with Crippen LogP contribution in [-0.4, -0.2) is 11.6 Å². The normalized spacial score (nSPS) is 12.3. The second kappa shape index (κ2) is 5.63. The first-order valence-electron chi connectivity index (χ1n) is 5.97. The van der Waals surface area contributed by atoms with Crippen LogP contribution in [0.5, 0.6) is 5.75 Å². The van der Waals surface area contributed by atoms with Crippen LogP contribution in [0.2, 0.25) is 0 Å². The predicted octanol–water partition coefficient (Wildman–Crippen LogP) is 4.35. The molecule has 2 nitrogen and oxygen atoms in total. The summed E-state index contributed by atoms with van der Waals surface area (Å²) in [5, 5.41) is 0. The minimum absolute atomic E-state index is 0.156. The third-order valence-corrected chi connectivity index (χ3v) is 2.52. The molecule has 0 atom stereocenters. The van der Waals surface area contributed by atoms with E-state index in [-0.39, 0.29) is 12.4 Å². The van der Waals surface area contributed by atoms with E-state index in [1.807, 2.05) is 20.8 Å². The predicted molar refractivity (Wildman–Crippen MR) is 68.2 cm³/mol. The molecule has 0 saturated heterocycles. The van der Waals surface area contributed by atoms with Gasteiger partial charge >= 0.3 is 6.18 Å². The quantitative estimate of drug-likeness (QED) is 0.601. The van der Waals surface area contributed by atoms with E-state index in [1.54, 1.807) is 6.08 Å². The van der Waals surface area contributed by atoms with Crippen LogP contribution in [0.15, 0.2) is 24.9 Å². The SMILES string of the molecule is C=CCCOc1cnc(C(C)(C)C)cc1C(F)(F)F. The van der Waals surface area contributed by atoms with E-state index < -0.39 is 17.2 Å². The van der Waals surface area contributed by atoms with E-state index in [0.29, 0.717) is 12.1 Å². The first kappa shape index (κ1) is 15.5. The van der Waals surface area contributed by atoms with Crippen molar-refractivity contribution < 1.29 is 17.9 Å². The van der Waals surface area contributed by atoms with Crippen molar-refractivity contribution in [2.24, 2.45) is 0 Å². The van der Waals surface area contributed by atoms with E-state index in [9.17, 15) is 13.2 Å². The molecular weight excluding hydrogens is 255 g/mol. The fraction of sp³-hybridized carbons (Fsp3) is 0.500. The van der Waals surface area contributed by atoms with Crippen molar-refractivity contribution in [1.82, 2.24) is 4.98 Å². The summed E-state index contributed by atoms with van der Waals surface area (Å²) < 4.78 is 44.1. The number of ether oxygens (including phenoxy) is 1. The number of pyridine rings is 1. The van der Waals surface area contributed by atoms with Gasteiger partial charge in [-0.1, -0.05) is 26.8 Å². The molecule has 106 valence electrons. The van der Waals surface area contributed by atoms with Crippen molar-refractivity contribution >= 4 is 0 Å². The summed E-state index contributed by atoms with van der Waals surface area (Å²) in [5.74, 6) is -0.234. The zero-order valence-corrected chi connectivity index (χ0v) is 11.3. The van der Waals surface area contributed by atoms with Crippen molar-refractivity contribution in [2.75, 3.05) is 6.61 Å². The lowest BCUT2D eigenvalue weighted by Gasteiger charge is -2.21. The summed E-state index contributed by atoms with van der Waals surface area (Å²) in [5.41, 5.74) is -0.841. The lowest BCUT2D eigenvalue weighted by molar-refractivity contribution is -0.139. The Morgan fingerprint density at radius 1 is 1.32 bits per heavy atom. The highest BCUT2D eigenvalue weighted by Gasteiger charge is 2.36. The minimum Gasteiger partial charge on any atom is -0.491 e. The maximum atomic E-state index is 13.0. The molecule has 0 saturated carbocycles. The monoisotopic (exact) mass is 273 g/mol. The van der Waals surface area contributed by atoms with Gasteiger partial charge in [-0.15, -0.1) is 6.58 Å². The highest BCUT2D eigenvalue weighted by molar-refractivity contribution is 5.36. The lowest BCUT2D eigenvalue weighted by atomic mass is 9.90. The van der Waals surface area contributed by atoms with Crippen LogP contribution in [0.3, 0.4) is 0 Å². The summed E-state index contributed by atoms with van der Waals surface area (Å²) in [6, 6.07) is 1.06. The van der Waals surface area contributed by atoms with Gasteiger partial charge in [0.1, 0.15) is 11.3 Å². The summed E-state index contributed by atoms with van der Waals surface area (Å²) in [7, 11) is 0. The second-order valence-electron chi connectivity index (χ2n) is 5.24. The molecule has 0 spiro atoms. The Labute approximate surface area is 111 Å². The van der Waals surface area contributed by atoms with Crippen molar-refractivity contribution in [1.29, 1.82) is 0 Å². The molecule has 1 heterocycles. The number of hydrogen-bond acceptors (Lipinski definition) is 2. The number of alkyl halides is 3. The second-order valence-corrected chi connectivity index (χ2v) is 5.24. The van der Waals surface area contributed by atoms with Crippen LogP contribution >= 0.6 is 0 Å². The van der Waals surface area contributed by atoms with E-state index in [1.165, 1.54) is 0 Å². The molecular formula is C14H18F3NO. The molecule has 0 aliphatic rings. The summed E-state index contributed by atoms with van der Waals surface area (Å²) in [4.78, 5) is 4.05. The van der Waals surface area contributed by atoms with Crippen LogP contribution in [0.4, 0.5) is 13.2 Å². The standard InChI is InChI=1S/C14H18F3NO/c1-5-6-7-19-11-9-18-12(13(2,3)4)8-10(11)14(15,16)17/h5,8-9H,1,6-7H2,2-4H3. The number of nitrogens with zero attached hydrogens (tertiary/aromatic N) is 1. The van der Waals surface area contributed by atoms with Gasteiger partial charge in [0.2, 0.25) is 0 Å². The molecule has 0 fully saturated rings. The number of hydrogen-bond donors (Lipinski definition) is 0. The minimum atomic E-state index is -4.45. The molecule has 0 amide bonds. The molecule has 0 aliphatic heterocycles. The van der Waals surface area contributed by atoms with Crippen LogP contribution in [-0.2, 0) is 11.6 Å². The van der Waals surface area contributed by atoms with Crippen LogP contribution < -0.4 is 4.74 Å². The maximum Gasteiger partial charge on any atom is 0.420 e. The van der Waals surface area contributed by atoms with Crippen molar-refractivity contribution in [3.8, 4) is 5.75 Å². The Morgan fingerprint density at radius 2 is 1.95 bits per heavy atom. The van der Waals surface area contributed by atoms with Crippen LogP contribution in [0, 0.1) is 0 Å². The van der Waals surface area contributed by atoms with Gasteiger partial charge in [-0.25, -0.2) is 0 Å². The van der Waals surface area contributed by atoms with Gasteiger partial charge in [-0.05, 0) is 12.5 Å². The third-order valence-electron chi connectivity index (χ3n) is 2.52. The smallest absolute Gasteiger partial charge is 0.420 e. The maximum absolute atomic E-state index is 13.0. The average molecular weight is 273 g/mol. The van der Waals surface area contributed by atoms with Crippen LogP contribution in [0.1, 0.15) is 38.4 Å². The molecule has 0 N–H and O–H groups in total. The highest BCUT2D eigenvalue weighted by Crippen LogP contribution is 2.37. The highest BCUT2D eigenvalue weighted by atomic mass is 19.4. The third kappa shape index (κ3) is 4.26. The van der Waals surface area contributed by atoms with E-state index in [2.05, 4.69) is 11.6 Å². The van der Waals surface area contributed by atoms with Crippen molar-refractivity contribution in [3.05, 3.63) is 36.2 Å². The van der Waals surface area contributed by atoms with Crippen molar-refractivity contribution in [2.45, 2.75) is 38.8 Å². The average Bonchev–Trinajstić information content (AvgIpc) is 2.27. The first-order chi connectivity index (χ1) is 8.66. The molecule has 0 aromatic carbocycles. The summed E-state index contributed by atoms with van der Waals surface area (Å²) in [6.45, 7) is 9.09. The summed E-state index contributed by atoms with van der Waals surface area (Å²) >= 11 is 0. The molecule has 1 aromatic heterocycles. The van der Waals surface area contributed by atoms with Gasteiger partial charge < -0.3 is 4.74 Å². The molecule has 1 aromatic rings. The first-order valence-corrected chi connectivity index (χ1v) is 5.97. The molecule has 0 bridgehead atoms. The Hall–Kier alpha value is -1.52. The fourth-order valence-electron chi connectivity index (χ4n) is 1.44. The van der Waals surface area contributed by atoms with Gasteiger partial charge in [-0.3, -0.25) is 4.98 Å². The summed E-state index contributed by atoms with van der Waals surface area (Å²) in [6.07, 6.45) is -1.23. The van der Waals surface area contributed by atoms with E-state index in [4.69, 9.17) is 4.74 Å². The fourth-order valence-corrected chi connectivity index (χ4v) is 1.44. The lowest BCUT2D eigenvalue weighted by Crippen LogP contribution is -2.17.